The molecule has 0 atom stereocenters. The lowest BCUT2D eigenvalue weighted by atomic mass is 10.2. The van der Waals surface area contributed by atoms with Crippen LogP contribution in [0.1, 0.15) is 15.9 Å². The van der Waals surface area contributed by atoms with Crippen LogP contribution in [0.4, 0.5) is 4.39 Å². The van der Waals surface area contributed by atoms with Crippen molar-refractivity contribution in [3.8, 4) is 5.75 Å². The summed E-state index contributed by atoms with van der Waals surface area (Å²) in [6.45, 7) is 0.228. The lowest BCUT2D eigenvalue weighted by molar-refractivity contribution is 0.0951. The Morgan fingerprint density at radius 2 is 2.10 bits per heavy atom. The van der Waals surface area contributed by atoms with Crippen molar-refractivity contribution in [2.75, 3.05) is 7.11 Å². The van der Waals surface area contributed by atoms with Crippen LogP contribution >= 0.6 is 11.6 Å². The average molecular weight is 294 g/mol. The maximum Gasteiger partial charge on any atom is 0.251 e. The van der Waals surface area contributed by atoms with Gasteiger partial charge < -0.3 is 10.1 Å². The lowest BCUT2D eigenvalue weighted by Crippen LogP contribution is -2.22. The molecule has 0 saturated carbocycles. The standard InChI is InChI=1S/C15H13ClFNO2/c1-20-14-6-5-10(7-13(14)17)9-18-15(19)11-3-2-4-12(16)8-11/h2-8H,9H2,1H3,(H,18,19). The van der Waals surface area contributed by atoms with Gasteiger partial charge in [-0.05, 0) is 35.9 Å². The van der Waals surface area contributed by atoms with E-state index in [-0.39, 0.29) is 18.2 Å². The first kappa shape index (κ1) is 14.3. The molecule has 5 heteroatoms. The van der Waals surface area contributed by atoms with Gasteiger partial charge in [0.1, 0.15) is 0 Å². The van der Waals surface area contributed by atoms with E-state index < -0.39 is 5.82 Å². The summed E-state index contributed by atoms with van der Waals surface area (Å²) < 4.78 is 18.3. The van der Waals surface area contributed by atoms with Crippen LogP contribution in [0.5, 0.6) is 5.75 Å². The number of methoxy groups -OCH3 is 1. The van der Waals surface area contributed by atoms with Gasteiger partial charge in [-0.15, -0.1) is 0 Å². The molecule has 0 saturated heterocycles. The van der Waals surface area contributed by atoms with Crippen molar-refractivity contribution in [1.82, 2.24) is 5.32 Å². The Bertz CT molecular complexity index is 631. The molecule has 104 valence electrons. The molecule has 0 aliphatic carbocycles. The van der Waals surface area contributed by atoms with Crippen LogP contribution < -0.4 is 10.1 Å². The van der Waals surface area contributed by atoms with E-state index in [0.29, 0.717) is 16.1 Å². The number of amides is 1. The first-order chi connectivity index (χ1) is 9.60. The fourth-order valence-electron chi connectivity index (χ4n) is 1.73. The molecule has 0 aliphatic heterocycles. The Kier molecular flexibility index (Phi) is 4.58. The van der Waals surface area contributed by atoms with Gasteiger partial charge in [0.2, 0.25) is 0 Å². The number of hydrogen-bond donors (Lipinski definition) is 1. The molecule has 0 fully saturated rings. The van der Waals surface area contributed by atoms with Crippen LogP contribution in [-0.2, 0) is 6.54 Å². The summed E-state index contributed by atoms with van der Waals surface area (Å²) in [5.74, 6) is -0.541. The number of rotatable bonds is 4. The van der Waals surface area contributed by atoms with Crippen molar-refractivity contribution in [3.63, 3.8) is 0 Å². The van der Waals surface area contributed by atoms with Crippen LogP contribution in [0.15, 0.2) is 42.5 Å². The Labute approximate surface area is 121 Å². The minimum atomic E-state index is -0.456. The van der Waals surface area contributed by atoms with Crippen LogP contribution in [0.2, 0.25) is 5.02 Å². The summed E-state index contributed by atoms with van der Waals surface area (Å²) in [6.07, 6.45) is 0. The molecule has 1 amide bonds. The monoisotopic (exact) mass is 293 g/mol. The number of hydrogen-bond acceptors (Lipinski definition) is 2. The summed E-state index contributed by atoms with van der Waals surface area (Å²) in [5, 5.41) is 3.20. The van der Waals surface area contributed by atoms with E-state index in [9.17, 15) is 9.18 Å². The Morgan fingerprint density at radius 1 is 1.30 bits per heavy atom. The smallest absolute Gasteiger partial charge is 0.251 e. The van der Waals surface area contributed by atoms with Crippen LogP contribution in [-0.4, -0.2) is 13.0 Å². The van der Waals surface area contributed by atoms with Crippen LogP contribution in [0, 0.1) is 5.82 Å². The Morgan fingerprint density at radius 3 is 2.75 bits per heavy atom. The fraction of sp³-hybridized carbons (Fsp3) is 0.133. The van der Waals surface area contributed by atoms with Gasteiger partial charge >= 0.3 is 0 Å². The minimum absolute atomic E-state index is 0.176. The number of carbonyl (C=O) groups excluding carboxylic acids is 1. The van der Waals surface area contributed by atoms with E-state index in [1.54, 1.807) is 30.3 Å². The van der Waals surface area contributed by atoms with Crippen molar-refractivity contribution in [3.05, 3.63) is 64.4 Å². The average Bonchev–Trinajstić information content (AvgIpc) is 2.45. The molecular formula is C15H13ClFNO2. The predicted molar refractivity (Wildman–Crippen MR) is 75.6 cm³/mol. The third-order valence-electron chi connectivity index (χ3n) is 2.76. The molecule has 0 radical (unpaired) electrons. The van der Waals surface area contributed by atoms with Gasteiger partial charge in [0.15, 0.2) is 11.6 Å². The molecule has 2 aromatic rings. The van der Waals surface area contributed by atoms with Gasteiger partial charge in [-0.25, -0.2) is 4.39 Å². The third kappa shape index (κ3) is 3.48. The van der Waals surface area contributed by atoms with Gasteiger partial charge in [0, 0.05) is 17.1 Å². The molecular weight excluding hydrogens is 281 g/mol. The summed E-state index contributed by atoms with van der Waals surface area (Å²) in [7, 11) is 1.40. The second-order valence-corrected chi connectivity index (χ2v) is 4.60. The van der Waals surface area contributed by atoms with E-state index in [1.807, 2.05) is 0 Å². The fourth-order valence-corrected chi connectivity index (χ4v) is 1.92. The molecule has 20 heavy (non-hydrogen) atoms. The van der Waals surface area contributed by atoms with Gasteiger partial charge in [0.05, 0.1) is 7.11 Å². The van der Waals surface area contributed by atoms with Crippen LogP contribution in [0.3, 0.4) is 0 Å². The topological polar surface area (TPSA) is 38.3 Å². The largest absolute Gasteiger partial charge is 0.494 e. The Balaban J connectivity index is 2.02. The maximum atomic E-state index is 13.5. The maximum absolute atomic E-state index is 13.5. The second kappa shape index (κ2) is 6.39. The zero-order valence-electron chi connectivity index (χ0n) is 10.8. The highest BCUT2D eigenvalue weighted by Crippen LogP contribution is 2.17. The molecule has 0 aliphatic rings. The normalized spacial score (nSPS) is 10.2. The molecule has 0 aromatic heterocycles. The van der Waals surface area contributed by atoms with E-state index in [1.165, 1.54) is 19.2 Å². The molecule has 2 aromatic carbocycles. The first-order valence-corrected chi connectivity index (χ1v) is 6.34. The zero-order chi connectivity index (χ0) is 14.5. The number of benzene rings is 2. The van der Waals surface area contributed by atoms with Crippen molar-refractivity contribution >= 4 is 17.5 Å². The Hall–Kier alpha value is -2.07. The molecule has 0 heterocycles. The van der Waals surface area contributed by atoms with Gasteiger partial charge in [-0.2, -0.15) is 0 Å². The zero-order valence-corrected chi connectivity index (χ0v) is 11.6. The first-order valence-electron chi connectivity index (χ1n) is 5.96. The van der Waals surface area contributed by atoms with Crippen molar-refractivity contribution in [2.45, 2.75) is 6.54 Å². The van der Waals surface area contributed by atoms with Crippen molar-refractivity contribution in [1.29, 1.82) is 0 Å². The third-order valence-corrected chi connectivity index (χ3v) is 2.99. The second-order valence-electron chi connectivity index (χ2n) is 4.16. The SMILES string of the molecule is COc1ccc(CNC(=O)c2cccc(Cl)c2)cc1F. The van der Waals surface area contributed by atoms with E-state index >= 15 is 0 Å². The van der Waals surface area contributed by atoms with Gasteiger partial charge in [0.25, 0.3) is 5.91 Å². The molecule has 1 N–H and O–H groups in total. The van der Waals surface area contributed by atoms with Crippen LogP contribution in [0.25, 0.3) is 0 Å². The van der Waals surface area contributed by atoms with Crippen molar-refractivity contribution < 1.29 is 13.9 Å². The molecule has 0 spiro atoms. The number of ether oxygens (including phenoxy) is 1. The molecule has 0 bridgehead atoms. The number of carbonyl (C=O) groups is 1. The summed E-state index contributed by atoms with van der Waals surface area (Å²) >= 11 is 5.82. The van der Waals surface area contributed by atoms with Crippen molar-refractivity contribution in [2.24, 2.45) is 0 Å². The van der Waals surface area contributed by atoms with E-state index in [4.69, 9.17) is 16.3 Å². The highest BCUT2D eigenvalue weighted by Gasteiger charge is 2.07. The van der Waals surface area contributed by atoms with E-state index in [2.05, 4.69) is 5.32 Å². The van der Waals surface area contributed by atoms with Gasteiger partial charge in [-0.1, -0.05) is 23.7 Å². The highest BCUT2D eigenvalue weighted by atomic mass is 35.5. The quantitative estimate of drug-likeness (QED) is 0.938. The molecule has 3 nitrogen and oxygen atoms in total. The lowest BCUT2D eigenvalue weighted by Gasteiger charge is -2.07. The summed E-state index contributed by atoms with van der Waals surface area (Å²) in [5.41, 5.74) is 1.12. The minimum Gasteiger partial charge on any atom is -0.494 e. The summed E-state index contributed by atoms with van der Waals surface area (Å²) in [4.78, 5) is 11.9. The molecule has 0 unspecified atom stereocenters. The number of halogens is 2. The van der Waals surface area contributed by atoms with E-state index in [0.717, 1.165) is 0 Å². The molecule has 2 rings (SSSR count). The highest BCUT2D eigenvalue weighted by molar-refractivity contribution is 6.30. The number of nitrogens with one attached hydrogen (secondary N) is 1. The summed E-state index contributed by atoms with van der Waals surface area (Å²) in [6, 6.07) is 11.2. The van der Waals surface area contributed by atoms with Gasteiger partial charge in [-0.3, -0.25) is 4.79 Å². The predicted octanol–water partition coefficient (Wildman–Crippen LogP) is 3.42.